The fraction of sp³-hybridized carbons (Fsp3) is 0.962. The SMILES string of the molecule is CC(C)CCC[C@@H](C)[C@H]1CC[C@H]2[C@H]3CC[C@H]4OC(=O)CC[C@]4(C)[C@@H]3CC[C@]12C. The third-order valence-electron chi connectivity index (χ3n) is 10.1. The van der Waals surface area contributed by atoms with Crippen LogP contribution < -0.4 is 0 Å². The Kier molecular flexibility index (Phi) is 5.64. The minimum atomic E-state index is 0.0534. The van der Waals surface area contributed by atoms with Crippen molar-refractivity contribution in [2.75, 3.05) is 0 Å². The molecule has 1 saturated heterocycles. The van der Waals surface area contributed by atoms with Crippen molar-refractivity contribution < 1.29 is 9.53 Å². The summed E-state index contributed by atoms with van der Waals surface area (Å²) in [6.07, 6.45) is 14.3. The van der Waals surface area contributed by atoms with Crippen LogP contribution in [0.3, 0.4) is 0 Å². The number of esters is 1. The molecule has 0 spiro atoms. The van der Waals surface area contributed by atoms with E-state index in [4.69, 9.17) is 4.74 Å². The zero-order valence-electron chi connectivity index (χ0n) is 19.1. The summed E-state index contributed by atoms with van der Waals surface area (Å²) >= 11 is 0. The summed E-state index contributed by atoms with van der Waals surface area (Å²) in [7, 11) is 0. The van der Waals surface area contributed by atoms with Gasteiger partial charge in [-0.15, -0.1) is 0 Å². The van der Waals surface area contributed by atoms with E-state index in [-0.39, 0.29) is 17.5 Å². The third-order valence-corrected chi connectivity index (χ3v) is 10.1. The van der Waals surface area contributed by atoms with E-state index in [0.29, 0.717) is 11.8 Å². The Hall–Kier alpha value is -0.530. The topological polar surface area (TPSA) is 26.3 Å². The Bertz CT molecular complexity index is 583. The van der Waals surface area contributed by atoms with Crippen LogP contribution in [0.15, 0.2) is 0 Å². The maximum absolute atomic E-state index is 11.9. The second-order valence-corrected chi connectivity index (χ2v) is 12.0. The normalized spacial score (nSPS) is 46.5. The standard InChI is InChI=1S/C26H44O2/c1-17(2)7-6-8-18(3)20-10-11-21-19-9-12-23-26(5,16-14-24(27)28-23)22(19)13-15-25(20,21)4/h17-23H,6-16H2,1-5H3/t18-,19-,20-,21+,22-,23-,25-,26-/m1/s1. The smallest absolute Gasteiger partial charge is 0.306 e. The van der Waals surface area contributed by atoms with E-state index in [1.54, 1.807) is 0 Å². The first kappa shape index (κ1) is 20.7. The largest absolute Gasteiger partial charge is 0.462 e. The molecule has 0 N–H and O–H groups in total. The lowest BCUT2D eigenvalue weighted by Crippen LogP contribution is -2.56. The second-order valence-electron chi connectivity index (χ2n) is 12.0. The highest BCUT2D eigenvalue weighted by molar-refractivity contribution is 5.70. The van der Waals surface area contributed by atoms with E-state index in [9.17, 15) is 4.79 Å². The Morgan fingerprint density at radius 3 is 2.43 bits per heavy atom. The van der Waals surface area contributed by atoms with E-state index in [1.165, 1.54) is 51.4 Å². The lowest BCUT2D eigenvalue weighted by molar-refractivity contribution is -0.192. The quantitative estimate of drug-likeness (QED) is 0.473. The van der Waals surface area contributed by atoms with Gasteiger partial charge in [-0.25, -0.2) is 0 Å². The summed E-state index contributed by atoms with van der Waals surface area (Å²) < 4.78 is 5.86. The van der Waals surface area contributed by atoms with E-state index in [2.05, 4.69) is 34.6 Å². The zero-order valence-corrected chi connectivity index (χ0v) is 19.1. The highest BCUT2D eigenvalue weighted by Crippen LogP contribution is 2.67. The van der Waals surface area contributed by atoms with Crippen molar-refractivity contribution in [1.82, 2.24) is 0 Å². The molecule has 1 aliphatic heterocycles. The van der Waals surface area contributed by atoms with Crippen molar-refractivity contribution in [3.8, 4) is 0 Å². The van der Waals surface area contributed by atoms with Crippen LogP contribution in [0.25, 0.3) is 0 Å². The molecule has 2 heteroatoms. The molecule has 0 unspecified atom stereocenters. The van der Waals surface area contributed by atoms with Crippen LogP contribution in [0, 0.1) is 46.3 Å². The van der Waals surface area contributed by atoms with Crippen LogP contribution in [-0.4, -0.2) is 12.1 Å². The fourth-order valence-electron chi connectivity index (χ4n) is 8.57. The molecule has 3 aliphatic carbocycles. The molecule has 4 fully saturated rings. The average Bonchev–Trinajstić information content (AvgIpc) is 2.99. The zero-order chi connectivity index (χ0) is 20.1. The first-order chi connectivity index (χ1) is 13.3. The minimum Gasteiger partial charge on any atom is -0.462 e. The van der Waals surface area contributed by atoms with Crippen LogP contribution in [0.1, 0.15) is 105 Å². The molecule has 0 radical (unpaired) electrons. The monoisotopic (exact) mass is 388 g/mol. The molecule has 4 rings (SSSR count). The highest BCUT2D eigenvalue weighted by atomic mass is 16.5. The van der Waals surface area contributed by atoms with E-state index in [0.717, 1.165) is 48.3 Å². The minimum absolute atomic E-state index is 0.0534. The van der Waals surface area contributed by atoms with Gasteiger partial charge in [0, 0.05) is 11.8 Å². The number of ether oxygens (including phenoxy) is 1. The van der Waals surface area contributed by atoms with Gasteiger partial charge >= 0.3 is 5.97 Å². The van der Waals surface area contributed by atoms with Gasteiger partial charge in [0.1, 0.15) is 6.10 Å². The average molecular weight is 389 g/mol. The Labute approximate surface area is 173 Å². The summed E-state index contributed by atoms with van der Waals surface area (Å²) in [5.41, 5.74) is 0.812. The lowest BCUT2D eigenvalue weighted by Gasteiger charge is -2.59. The highest BCUT2D eigenvalue weighted by Gasteiger charge is 2.61. The molecule has 0 aromatic rings. The number of carbonyl (C=O) groups excluding carboxylic acids is 1. The maximum Gasteiger partial charge on any atom is 0.306 e. The molecule has 2 nitrogen and oxygen atoms in total. The predicted octanol–water partition coefficient (Wildman–Crippen LogP) is 7.01. The second kappa shape index (κ2) is 7.62. The summed E-state index contributed by atoms with van der Waals surface area (Å²) in [5, 5.41) is 0. The summed E-state index contributed by atoms with van der Waals surface area (Å²) in [5.74, 6) is 5.29. The van der Waals surface area contributed by atoms with Crippen LogP contribution in [0.4, 0.5) is 0 Å². The van der Waals surface area contributed by atoms with Crippen molar-refractivity contribution in [3.63, 3.8) is 0 Å². The maximum atomic E-state index is 11.9. The van der Waals surface area contributed by atoms with Gasteiger partial charge in [-0.05, 0) is 85.9 Å². The first-order valence-corrected chi connectivity index (χ1v) is 12.4. The summed E-state index contributed by atoms with van der Waals surface area (Å²) in [6, 6.07) is 0. The van der Waals surface area contributed by atoms with E-state index >= 15 is 0 Å². The van der Waals surface area contributed by atoms with Gasteiger partial charge in [0.25, 0.3) is 0 Å². The van der Waals surface area contributed by atoms with E-state index < -0.39 is 0 Å². The molecule has 3 saturated carbocycles. The number of rotatable bonds is 5. The van der Waals surface area contributed by atoms with Crippen LogP contribution in [-0.2, 0) is 9.53 Å². The lowest BCUT2D eigenvalue weighted by atomic mass is 9.47. The van der Waals surface area contributed by atoms with Crippen molar-refractivity contribution in [3.05, 3.63) is 0 Å². The van der Waals surface area contributed by atoms with E-state index in [1.807, 2.05) is 0 Å². The van der Waals surface area contributed by atoms with Crippen LogP contribution in [0.5, 0.6) is 0 Å². The van der Waals surface area contributed by atoms with Crippen molar-refractivity contribution in [2.45, 2.75) is 111 Å². The Balaban J connectivity index is 1.47. The summed E-state index contributed by atoms with van der Waals surface area (Å²) in [6.45, 7) is 12.4. The molecule has 8 atom stereocenters. The molecule has 0 aromatic carbocycles. The van der Waals surface area contributed by atoms with Gasteiger partial charge in [0.05, 0.1) is 0 Å². The van der Waals surface area contributed by atoms with Gasteiger partial charge in [0.2, 0.25) is 0 Å². The molecule has 28 heavy (non-hydrogen) atoms. The summed E-state index contributed by atoms with van der Waals surface area (Å²) in [4.78, 5) is 11.9. The van der Waals surface area contributed by atoms with Crippen LogP contribution in [0.2, 0.25) is 0 Å². The molecular formula is C26H44O2. The number of carbonyl (C=O) groups is 1. The van der Waals surface area contributed by atoms with Gasteiger partial charge in [-0.3, -0.25) is 4.79 Å². The Morgan fingerprint density at radius 2 is 1.68 bits per heavy atom. The molecule has 1 heterocycles. The molecule has 0 aromatic heterocycles. The predicted molar refractivity (Wildman–Crippen MR) is 115 cm³/mol. The molecular weight excluding hydrogens is 344 g/mol. The fourth-order valence-corrected chi connectivity index (χ4v) is 8.57. The molecule has 4 aliphatic rings. The van der Waals surface area contributed by atoms with Gasteiger partial charge in [0.15, 0.2) is 0 Å². The first-order valence-electron chi connectivity index (χ1n) is 12.4. The number of hydrogen-bond donors (Lipinski definition) is 0. The van der Waals surface area contributed by atoms with Gasteiger partial charge in [-0.2, -0.15) is 0 Å². The number of fused-ring (bicyclic) bond motifs is 5. The van der Waals surface area contributed by atoms with Gasteiger partial charge < -0.3 is 4.74 Å². The molecule has 0 bridgehead atoms. The molecule has 0 amide bonds. The van der Waals surface area contributed by atoms with Crippen molar-refractivity contribution in [1.29, 1.82) is 0 Å². The van der Waals surface area contributed by atoms with Crippen molar-refractivity contribution >= 4 is 5.97 Å². The third kappa shape index (κ3) is 3.35. The Morgan fingerprint density at radius 1 is 0.929 bits per heavy atom. The van der Waals surface area contributed by atoms with Gasteiger partial charge in [-0.1, -0.05) is 53.9 Å². The molecule has 160 valence electrons. The number of hydrogen-bond acceptors (Lipinski definition) is 2. The van der Waals surface area contributed by atoms with Crippen molar-refractivity contribution in [2.24, 2.45) is 46.3 Å². The van der Waals surface area contributed by atoms with Crippen LogP contribution >= 0.6 is 0 Å².